The van der Waals surface area contributed by atoms with Gasteiger partial charge in [-0.1, -0.05) is 33.7 Å². The van der Waals surface area contributed by atoms with Crippen LogP contribution in [0, 0.1) is 0 Å². The molecule has 0 bridgehead atoms. The van der Waals surface area contributed by atoms with Crippen molar-refractivity contribution in [3.63, 3.8) is 0 Å². The molecule has 0 saturated heterocycles. The number of pyridine rings is 2. The van der Waals surface area contributed by atoms with Gasteiger partial charge in [0.25, 0.3) is 0 Å². The van der Waals surface area contributed by atoms with E-state index in [2.05, 4.69) is 19.9 Å². The highest BCUT2D eigenvalue weighted by molar-refractivity contribution is 8.76. The quantitative estimate of drug-likeness (QED) is 0.147. The average molecular weight is 531 g/mol. The predicted molar refractivity (Wildman–Crippen MR) is 136 cm³/mol. The normalized spacial score (nSPS) is 10.7. The lowest BCUT2D eigenvalue weighted by atomic mass is 10.4. The molecule has 0 radical (unpaired) electrons. The summed E-state index contributed by atoms with van der Waals surface area (Å²) >= 11 is 2.70. The average Bonchev–Trinajstić information content (AvgIpc) is 3.57. The van der Waals surface area contributed by atoms with Crippen LogP contribution in [0.5, 0.6) is 0 Å². The molecule has 0 aliphatic rings. The summed E-state index contributed by atoms with van der Waals surface area (Å²) in [5, 5.41) is 4.70. The zero-order valence-corrected chi connectivity index (χ0v) is 20.9. The SMILES string of the molecule is O=C(OCCSSCCOC(=O)c1csc(-c2ccccn2)n1)c1csc(-c2ccccn2)n1. The predicted octanol–water partition coefficient (Wildman–Crippen LogP) is 5.12. The number of nitrogens with zero attached hydrogens (tertiary/aromatic N) is 4. The molecule has 0 spiro atoms. The van der Waals surface area contributed by atoms with Crippen molar-refractivity contribution in [2.24, 2.45) is 0 Å². The highest BCUT2D eigenvalue weighted by atomic mass is 33.1. The number of rotatable bonds is 11. The Hall–Kier alpha value is -2.80. The van der Waals surface area contributed by atoms with E-state index in [0.717, 1.165) is 11.4 Å². The van der Waals surface area contributed by atoms with Gasteiger partial charge in [-0.05, 0) is 24.3 Å². The van der Waals surface area contributed by atoms with Crippen molar-refractivity contribution >= 4 is 56.2 Å². The molecule has 0 fully saturated rings. The maximum Gasteiger partial charge on any atom is 0.357 e. The number of hydrogen-bond acceptors (Lipinski definition) is 12. The third-order valence-corrected chi connectivity index (χ3v) is 8.14. The van der Waals surface area contributed by atoms with Gasteiger partial charge in [-0.2, -0.15) is 0 Å². The molecule has 8 nitrogen and oxygen atoms in total. The molecule has 0 aliphatic heterocycles. The molecule has 0 amide bonds. The Morgan fingerprint density at radius 1 is 0.735 bits per heavy atom. The van der Waals surface area contributed by atoms with E-state index in [1.165, 1.54) is 44.3 Å². The van der Waals surface area contributed by atoms with Crippen molar-refractivity contribution in [1.29, 1.82) is 0 Å². The number of carbonyl (C=O) groups is 2. The molecule has 4 aromatic rings. The van der Waals surface area contributed by atoms with Crippen LogP contribution < -0.4 is 0 Å². The van der Waals surface area contributed by atoms with Gasteiger partial charge >= 0.3 is 11.9 Å². The number of aromatic nitrogens is 4. The van der Waals surface area contributed by atoms with E-state index < -0.39 is 11.9 Å². The molecule has 0 atom stereocenters. The van der Waals surface area contributed by atoms with Crippen LogP contribution in [-0.4, -0.2) is 56.6 Å². The maximum absolute atomic E-state index is 12.1. The lowest BCUT2D eigenvalue weighted by Gasteiger charge is -2.04. The number of ether oxygens (including phenoxy) is 2. The van der Waals surface area contributed by atoms with Crippen molar-refractivity contribution in [1.82, 2.24) is 19.9 Å². The Morgan fingerprint density at radius 3 is 1.62 bits per heavy atom. The second kappa shape index (κ2) is 12.6. The summed E-state index contributed by atoms with van der Waals surface area (Å²) in [7, 11) is 3.08. The molecule has 0 unspecified atom stereocenters. The lowest BCUT2D eigenvalue weighted by Crippen LogP contribution is -2.09. The van der Waals surface area contributed by atoms with Crippen LogP contribution in [0.25, 0.3) is 21.4 Å². The largest absolute Gasteiger partial charge is 0.460 e. The van der Waals surface area contributed by atoms with E-state index in [9.17, 15) is 9.59 Å². The minimum absolute atomic E-state index is 0.266. The first-order valence-electron chi connectivity index (χ1n) is 10.0. The highest BCUT2D eigenvalue weighted by Crippen LogP contribution is 2.24. The standard InChI is InChI=1S/C22H18N4O4S4/c27-21(17-13-31-19(25-17)15-5-1-3-7-23-15)29-9-11-33-34-12-10-30-22(28)18-14-32-20(26-18)16-6-2-4-8-24-16/h1-8,13-14H,9-12H2. The van der Waals surface area contributed by atoms with Gasteiger partial charge in [0, 0.05) is 34.7 Å². The van der Waals surface area contributed by atoms with Gasteiger partial charge in [-0.3, -0.25) is 9.97 Å². The molecule has 4 heterocycles. The Balaban J connectivity index is 1.08. The minimum Gasteiger partial charge on any atom is -0.460 e. The Morgan fingerprint density at radius 2 is 1.21 bits per heavy atom. The van der Waals surface area contributed by atoms with Crippen LogP contribution >= 0.6 is 44.3 Å². The molecular weight excluding hydrogens is 513 g/mol. The molecule has 0 saturated carbocycles. The molecule has 0 aliphatic carbocycles. The fraction of sp³-hybridized carbons (Fsp3) is 0.182. The van der Waals surface area contributed by atoms with E-state index in [0.29, 0.717) is 21.5 Å². The maximum atomic E-state index is 12.1. The van der Waals surface area contributed by atoms with Crippen molar-refractivity contribution in [2.75, 3.05) is 24.7 Å². The third kappa shape index (κ3) is 6.86. The van der Waals surface area contributed by atoms with E-state index in [-0.39, 0.29) is 24.6 Å². The number of carbonyl (C=O) groups excluding carboxylic acids is 2. The van der Waals surface area contributed by atoms with E-state index in [1.54, 1.807) is 23.2 Å². The van der Waals surface area contributed by atoms with Gasteiger partial charge in [0.05, 0.1) is 11.4 Å². The zero-order chi connectivity index (χ0) is 23.6. The third-order valence-electron chi connectivity index (χ3n) is 4.08. The molecule has 174 valence electrons. The van der Waals surface area contributed by atoms with Gasteiger partial charge in [0.15, 0.2) is 11.4 Å². The highest BCUT2D eigenvalue weighted by Gasteiger charge is 2.15. The lowest BCUT2D eigenvalue weighted by molar-refractivity contribution is 0.0515. The van der Waals surface area contributed by atoms with Crippen LogP contribution in [0.15, 0.2) is 59.6 Å². The summed E-state index contributed by atoms with van der Waals surface area (Å²) in [4.78, 5) is 41.3. The summed E-state index contributed by atoms with van der Waals surface area (Å²) in [5.74, 6) is 0.319. The van der Waals surface area contributed by atoms with Crippen LogP contribution in [-0.2, 0) is 9.47 Å². The van der Waals surface area contributed by atoms with Crippen molar-refractivity contribution in [3.05, 3.63) is 70.9 Å². The molecule has 4 aromatic heterocycles. The zero-order valence-electron chi connectivity index (χ0n) is 17.7. The minimum atomic E-state index is -0.453. The smallest absolute Gasteiger partial charge is 0.357 e. The van der Waals surface area contributed by atoms with Crippen LogP contribution in [0.1, 0.15) is 21.0 Å². The van der Waals surface area contributed by atoms with Gasteiger partial charge in [0.1, 0.15) is 23.2 Å². The van der Waals surface area contributed by atoms with Crippen molar-refractivity contribution < 1.29 is 19.1 Å². The van der Waals surface area contributed by atoms with Crippen molar-refractivity contribution in [3.8, 4) is 21.4 Å². The van der Waals surface area contributed by atoms with E-state index in [1.807, 2.05) is 36.4 Å². The summed E-state index contributed by atoms with van der Waals surface area (Å²) in [5.41, 5.74) is 2.01. The van der Waals surface area contributed by atoms with Crippen LogP contribution in [0.2, 0.25) is 0 Å². The molecular formula is C22H18N4O4S4. The Bertz CT molecular complexity index is 1120. The summed E-state index contributed by atoms with van der Waals surface area (Å²) in [6.45, 7) is 0.531. The fourth-order valence-electron chi connectivity index (χ4n) is 2.55. The Kier molecular flexibility index (Phi) is 9.02. The van der Waals surface area contributed by atoms with Gasteiger partial charge in [-0.15, -0.1) is 22.7 Å². The first-order valence-corrected chi connectivity index (χ1v) is 14.3. The summed E-state index contributed by atoms with van der Waals surface area (Å²) < 4.78 is 10.5. The van der Waals surface area contributed by atoms with Crippen LogP contribution in [0.3, 0.4) is 0 Å². The summed E-state index contributed by atoms with van der Waals surface area (Å²) in [6.07, 6.45) is 3.37. The number of hydrogen-bond donors (Lipinski definition) is 0. The van der Waals surface area contributed by atoms with Gasteiger partial charge in [0.2, 0.25) is 0 Å². The fourth-order valence-corrected chi connectivity index (χ4v) is 5.73. The molecule has 4 rings (SSSR count). The molecule has 12 heteroatoms. The number of thiazole rings is 2. The van der Waals surface area contributed by atoms with Crippen LogP contribution in [0.4, 0.5) is 0 Å². The topological polar surface area (TPSA) is 104 Å². The number of esters is 2. The first kappa shape index (κ1) is 24.3. The van der Waals surface area contributed by atoms with E-state index in [4.69, 9.17) is 9.47 Å². The first-order chi connectivity index (χ1) is 16.7. The summed E-state index contributed by atoms with van der Waals surface area (Å²) in [6, 6.07) is 11.1. The monoisotopic (exact) mass is 530 g/mol. The van der Waals surface area contributed by atoms with Gasteiger partial charge in [-0.25, -0.2) is 19.6 Å². The Labute approximate surface area is 211 Å². The molecule has 34 heavy (non-hydrogen) atoms. The van der Waals surface area contributed by atoms with Gasteiger partial charge < -0.3 is 9.47 Å². The van der Waals surface area contributed by atoms with Crippen molar-refractivity contribution in [2.45, 2.75) is 0 Å². The second-order valence-corrected chi connectivity index (χ2v) is 10.8. The molecule has 0 N–H and O–H groups in total. The molecule has 0 aromatic carbocycles. The van der Waals surface area contributed by atoms with E-state index >= 15 is 0 Å². The second-order valence-electron chi connectivity index (χ2n) is 6.42.